The lowest BCUT2D eigenvalue weighted by atomic mass is 10.1. The standard InChI is InChI=1S/C18H10BrCl2N7/c19-17-14(9-23-28(17)13-5-6-15(20)16(21)7-13)18-24-26-27(25-18)10-12-3-1-11(8-22)2-4-12/h1-7,9H,10H2. The molecule has 0 radical (unpaired) electrons. The van der Waals surface area contributed by atoms with Gasteiger partial charge in [0.15, 0.2) is 0 Å². The van der Waals surface area contributed by atoms with Crippen LogP contribution < -0.4 is 0 Å². The Morgan fingerprint density at radius 3 is 2.57 bits per heavy atom. The Balaban J connectivity index is 1.59. The van der Waals surface area contributed by atoms with Crippen molar-refractivity contribution in [2.75, 3.05) is 0 Å². The second-order valence-corrected chi connectivity index (χ2v) is 7.38. The molecule has 2 heterocycles. The minimum atomic E-state index is 0.437. The van der Waals surface area contributed by atoms with Crippen LogP contribution in [0.5, 0.6) is 0 Å². The van der Waals surface area contributed by atoms with E-state index in [4.69, 9.17) is 28.5 Å². The van der Waals surface area contributed by atoms with Crippen molar-refractivity contribution in [3.8, 4) is 23.1 Å². The Hall–Kier alpha value is -2.73. The highest BCUT2D eigenvalue weighted by Crippen LogP contribution is 2.30. The van der Waals surface area contributed by atoms with Crippen LogP contribution in [0.1, 0.15) is 11.1 Å². The van der Waals surface area contributed by atoms with Crippen molar-refractivity contribution in [2.45, 2.75) is 6.54 Å². The summed E-state index contributed by atoms with van der Waals surface area (Å²) in [6, 6.07) is 14.6. The zero-order valence-corrected chi connectivity index (χ0v) is 17.2. The van der Waals surface area contributed by atoms with Crippen LogP contribution in [-0.4, -0.2) is 30.0 Å². The van der Waals surface area contributed by atoms with Crippen molar-refractivity contribution in [1.29, 1.82) is 5.26 Å². The largest absolute Gasteiger partial charge is 0.226 e. The molecule has 0 bridgehead atoms. The molecule has 0 aliphatic heterocycles. The molecule has 0 spiro atoms. The van der Waals surface area contributed by atoms with Gasteiger partial charge < -0.3 is 0 Å². The van der Waals surface area contributed by atoms with E-state index < -0.39 is 0 Å². The molecule has 0 saturated heterocycles. The lowest BCUT2D eigenvalue weighted by Crippen LogP contribution is -2.04. The van der Waals surface area contributed by atoms with Crippen LogP contribution in [0.15, 0.2) is 53.3 Å². The van der Waals surface area contributed by atoms with Gasteiger partial charge in [0, 0.05) is 0 Å². The van der Waals surface area contributed by atoms with Gasteiger partial charge in [0.05, 0.1) is 45.7 Å². The zero-order valence-electron chi connectivity index (χ0n) is 14.1. The smallest absolute Gasteiger partial charge is 0.209 e. The van der Waals surface area contributed by atoms with Crippen molar-refractivity contribution in [1.82, 2.24) is 30.0 Å². The van der Waals surface area contributed by atoms with E-state index >= 15 is 0 Å². The fourth-order valence-electron chi connectivity index (χ4n) is 2.55. The van der Waals surface area contributed by atoms with Gasteiger partial charge in [-0.15, -0.1) is 10.2 Å². The van der Waals surface area contributed by atoms with E-state index in [-0.39, 0.29) is 0 Å². The summed E-state index contributed by atoms with van der Waals surface area (Å²) in [6.07, 6.45) is 1.65. The normalized spacial score (nSPS) is 10.8. The third-order valence-corrected chi connectivity index (χ3v) is 5.46. The van der Waals surface area contributed by atoms with Gasteiger partial charge in [-0.05, 0) is 57.0 Å². The third kappa shape index (κ3) is 3.64. The van der Waals surface area contributed by atoms with Crippen LogP contribution in [0.25, 0.3) is 17.1 Å². The summed E-state index contributed by atoms with van der Waals surface area (Å²) in [5.41, 5.74) is 3.01. The van der Waals surface area contributed by atoms with Gasteiger partial charge in [0.25, 0.3) is 0 Å². The summed E-state index contributed by atoms with van der Waals surface area (Å²) in [5.74, 6) is 0.437. The first-order valence-corrected chi connectivity index (χ1v) is 9.56. The molecule has 0 aliphatic carbocycles. The Bertz CT molecular complexity index is 1190. The molecule has 2 aromatic carbocycles. The molecule has 0 unspecified atom stereocenters. The van der Waals surface area contributed by atoms with Crippen molar-refractivity contribution < 1.29 is 0 Å². The number of nitriles is 1. The Morgan fingerprint density at radius 2 is 1.86 bits per heavy atom. The summed E-state index contributed by atoms with van der Waals surface area (Å²) in [4.78, 5) is 1.49. The maximum atomic E-state index is 8.87. The Kier molecular flexibility index (Phi) is 5.13. The predicted molar refractivity (Wildman–Crippen MR) is 108 cm³/mol. The molecular formula is C18H10BrCl2N7. The molecule has 138 valence electrons. The van der Waals surface area contributed by atoms with Gasteiger partial charge in [0.2, 0.25) is 5.82 Å². The van der Waals surface area contributed by atoms with Gasteiger partial charge in [-0.25, -0.2) is 4.68 Å². The Labute approximate surface area is 178 Å². The highest BCUT2D eigenvalue weighted by atomic mass is 79.9. The lowest BCUT2D eigenvalue weighted by Gasteiger charge is -2.05. The average Bonchev–Trinajstić information content (AvgIpc) is 3.31. The number of aromatic nitrogens is 6. The molecule has 0 amide bonds. The number of rotatable bonds is 4. The lowest BCUT2D eigenvalue weighted by molar-refractivity contribution is 0.573. The van der Waals surface area contributed by atoms with E-state index in [0.29, 0.717) is 38.1 Å². The molecule has 28 heavy (non-hydrogen) atoms. The maximum Gasteiger partial charge on any atom is 0.209 e. The minimum Gasteiger partial charge on any atom is -0.226 e. The Morgan fingerprint density at radius 1 is 1.07 bits per heavy atom. The molecule has 0 N–H and O–H groups in total. The van der Waals surface area contributed by atoms with Gasteiger partial charge in [-0.1, -0.05) is 35.3 Å². The van der Waals surface area contributed by atoms with Crippen LogP contribution in [-0.2, 0) is 6.54 Å². The first kappa shape index (κ1) is 18.6. The second kappa shape index (κ2) is 7.72. The molecule has 0 saturated carbocycles. The molecule has 0 fully saturated rings. The van der Waals surface area contributed by atoms with Gasteiger partial charge in [-0.3, -0.25) is 0 Å². The van der Waals surface area contributed by atoms with E-state index in [1.807, 2.05) is 18.2 Å². The summed E-state index contributed by atoms with van der Waals surface area (Å²) in [7, 11) is 0. The van der Waals surface area contributed by atoms with Crippen molar-refractivity contribution in [3.63, 3.8) is 0 Å². The number of nitrogens with zero attached hydrogens (tertiary/aromatic N) is 7. The summed E-state index contributed by atoms with van der Waals surface area (Å²) in [5, 5.41) is 26.8. The summed E-state index contributed by atoms with van der Waals surface area (Å²) < 4.78 is 2.34. The van der Waals surface area contributed by atoms with E-state index in [2.05, 4.69) is 42.5 Å². The van der Waals surface area contributed by atoms with Crippen molar-refractivity contribution in [3.05, 3.63) is 74.4 Å². The van der Waals surface area contributed by atoms with E-state index in [1.54, 1.807) is 35.1 Å². The van der Waals surface area contributed by atoms with Crippen LogP contribution in [0.4, 0.5) is 0 Å². The summed E-state index contributed by atoms with van der Waals surface area (Å²) >= 11 is 15.6. The first-order chi connectivity index (χ1) is 13.5. The number of benzene rings is 2. The number of hydrogen-bond acceptors (Lipinski definition) is 5. The molecule has 7 nitrogen and oxygen atoms in total. The van der Waals surface area contributed by atoms with Gasteiger partial charge in [0.1, 0.15) is 4.60 Å². The van der Waals surface area contributed by atoms with Gasteiger partial charge >= 0.3 is 0 Å². The van der Waals surface area contributed by atoms with Gasteiger partial charge in [-0.2, -0.15) is 15.2 Å². The van der Waals surface area contributed by atoms with Crippen LogP contribution in [0, 0.1) is 11.3 Å². The zero-order chi connectivity index (χ0) is 19.7. The molecule has 0 aliphatic rings. The monoisotopic (exact) mass is 473 g/mol. The fraction of sp³-hybridized carbons (Fsp3) is 0.0556. The van der Waals surface area contributed by atoms with E-state index in [0.717, 1.165) is 11.3 Å². The quantitative estimate of drug-likeness (QED) is 0.434. The van der Waals surface area contributed by atoms with E-state index in [1.165, 1.54) is 4.80 Å². The molecule has 4 aromatic rings. The molecule has 2 aromatic heterocycles. The summed E-state index contributed by atoms with van der Waals surface area (Å²) in [6.45, 7) is 0.442. The molecular weight excluding hydrogens is 465 g/mol. The minimum absolute atomic E-state index is 0.437. The predicted octanol–water partition coefficient (Wildman–Crippen LogP) is 4.52. The number of hydrogen-bond donors (Lipinski definition) is 0. The number of tetrazole rings is 1. The average molecular weight is 475 g/mol. The maximum absolute atomic E-state index is 8.87. The highest BCUT2D eigenvalue weighted by Gasteiger charge is 2.16. The first-order valence-electron chi connectivity index (χ1n) is 8.01. The number of halogens is 3. The molecule has 0 atom stereocenters. The second-order valence-electron chi connectivity index (χ2n) is 5.81. The topological polar surface area (TPSA) is 85.2 Å². The van der Waals surface area contributed by atoms with Crippen LogP contribution in [0.3, 0.4) is 0 Å². The van der Waals surface area contributed by atoms with Crippen LogP contribution >= 0.6 is 39.1 Å². The van der Waals surface area contributed by atoms with Crippen molar-refractivity contribution in [2.24, 2.45) is 0 Å². The highest BCUT2D eigenvalue weighted by molar-refractivity contribution is 9.10. The van der Waals surface area contributed by atoms with E-state index in [9.17, 15) is 0 Å². The molecule has 10 heteroatoms. The SMILES string of the molecule is N#Cc1ccc(Cn2nnc(-c3cnn(-c4ccc(Cl)c(Cl)c4)c3Br)n2)cc1. The van der Waals surface area contributed by atoms with Crippen molar-refractivity contribution >= 4 is 39.1 Å². The third-order valence-electron chi connectivity index (χ3n) is 3.96. The fourth-order valence-corrected chi connectivity index (χ4v) is 3.41. The van der Waals surface area contributed by atoms with Crippen LogP contribution in [0.2, 0.25) is 10.0 Å². The molecule has 4 rings (SSSR count).